The van der Waals surface area contributed by atoms with Gasteiger partial charge in [0.15, 0.2) is 0 Å². The van der Waals surface area contributed by atoms with Crippen molar-refractivity contribution in [3.63, 3.8) is 0 Å². The minimum Gasteiger partial charge on any atom is -0.238 e. The van der Waals surface area contributed by atoms with Crippen molar-refractivity contribution in [3.8, 4) is 0 Å². The summed E-state index contributed by atoms with van der Waals surface area (Å²) in [4.78, 5) is 8.82. The van der Waals surface area contributed by atoms with Crippen LogP contribution in [0.1, 0.15) is 25.1 Å². The maximum Gasteiger partial charge on any atom is 0.207 e. The Morgan fingerprint density at radius 2 is 2.06 bits per heavy atom. The van der Waals surface area contributed by atoms with E-state index in [2.05, 4.69) is 15.1 Å². The van der Waals surface area contributed by atoms with Gasteiger partial charge in [0.05, 0.1) is 12.4 Å². The fourth-order valence-electron chi connectivity index (χ4n) is 2.99. The van der Waals surface area contributed by atoms with Crippen LogP contribution in [-0.4, -0.2) is 25.8 Å². The fraction of sp³-hybridized carbons (Fsp3) is 0.545. The zero-order chi connectivity index (χ0) is 10.8. The van der Waals surface area contributed by atoms with Gasteiger partial charge in [-0.25, -0.2) is 14.5 Å². The Labute approximate surface area is 97.5 Å². The van der Waals surface area contributed by atoms with Gasteiger partial charge in [0.1, 0.15) is 11.3 Å². The zero-order valence-corrected chi connectivity index (χ0v) is 9.87. The van der Waals surface area contributed by atoms with E-state index in [1.54, 1.807) is 11.8 Å². The van der Waals surface area contributed by atoms with E-state index in [0.29, 0.717) is 5.41 Å². The maximum absolute atomic E-state index is 4.55. The first-order valence-electron chi connectivity index (χ1n) is 5.56. The number of fused-ring (bicyclic) bond motifs is 1. The predicted octanol–water partition coefficient (Wildman–Crippen LogP) is 1.90. The Morgan fingerprint density at radius 1 is 1.31 bits per heavy atom. The average molecular weight is 232 g/mol. The summed E-state index contributed by atoms with van der Waals surface area (Å²) in [6.07, 6.45) is 9.68. The minimum atomic E-state index is 0.362. The summed E-state index contributed by atoms with van der Waals surface area (Å²) in [5.41, 5.74) is 1.37. The van der Waals surface area contributed by atoms with Crippen molar-refractivity contribution in [3.05, 3.63) is 18.2 Å². The molecule has 0 N–H and O–H groups in total. The summed E-state index contributed by atoms with van der Waals surface area (Å²) < 4.78 is 1.99. The molecule has 82 valence electrons. The Morgan fingerprint density at radius 3 is 2.69 bits per heavy atom. The van der Waals surface area contributed by atoms with Gasteiger partial charge in [0.25, 0.3) is 0 Å². The summed E-state index contributed by atoms with van der Waals surface area (Å²) in [6.45, 7) is 0. The van der Waals surface area contributed by atoms with Crippen LogP contribution in [0.5, 0.6) is 0 Å². The highest BCUT2D eigenvalue weighted by Crippen LogP contribution is 2.64. The SMILES string of the molecule is CSc1ncc2cnc(C34CC(C3)C4)n2n1. The van der Waals surface area contributed by atoms with E-state index in [0.717, 1.165) is 22.4 Å². The van der Waals surface area contributed by atoms with Crippen LogP contribution < -0.4 is 0 Å². The number of hydrogen-bond donors (Lipinski definition) is 0. The summed E-state index contributed by atoms with van der Waals surface area (Å²) in [5, 5.41) is 5.35. The third kappa shape index (κ3) is 0.948. The van der Waals surface area contributed by atoms with Crippen molar-refractivity contribution in [2.24, 2.45) is 5.92 Å². The monoisotopic (exact) mass is 232 g/mol. The molecule has 3 saturated carbocycles. The highest BCUT2D eigenvalue weighted by molar-refractivity contribution is 7.98. The van der Waals surface area contributed by atoms with Crippen LogP contribution in [0, 0.1) is 5.92 Å². The number of aromatic nitrogens is 4. The second-order valence-electron chi connectivity index (χ2n) is 4.92. The lowest BCUT2D eigenvalue weighted by Crippen LogP contribution is -2.56. The van der Waals surface area contributed by atoms with E-state index in [1.165, 1.54) is 19.3 Å². The van der Waals surface area contributed by atoms with E-state index < -0.39 is 0 Å². The maximum atomic E-state index is 4.55. The fourth-order valence-corrected chi connectivity index (χ4v) is 3.31. The van der Waals surface area contributed by atoms with Crippen molar-refractivity contribution in [2.75, 3.05) is 6.26 Å². The van der Waals surface area contributed by atoms with E-state index in [9.17, 15) is 0 Å². The molecule has 4 nitrogen and oxygen atoms in total. The van der Waals surface area contributed by atoms with Crippen LogP contribution in [0.25, 0.3) is 5.52 Å². The molecule has 5 rings (SSSR count). The van der Waals surface area contributed by atoms with Crippen LogP contribution >= 0.6 is 11.8 Å². The largest absolute Gasteiger partial charge is 0.238 e. The Kier molecular flexibility index (Phi) is 1.56. The highest BCUT2D eigenvalue weighted by Gasteiger charge is 2.59. The lowest BCUT2D eigenvalue weighted by molar-refractivity contribution is -0.0358. The van der Waals surface area contributed by atoms with E-state index >= 15 is 0 Å². The first-order valence-corrected chi connectivity index (χ1v) is 6.78. The average Bonchev–Trinajstić information content (AvgIpc) is 2.57. The minimum absolute atomic E-state index is 0.362. The predicted molar refractivity (Wildman–Crippen MR) is 61.6 cm³/mol. The van der Waals surface area contributed by atoms with Gasteiger partial charge in [0.2, 0.25) is 5.16 Å². The van der Waals surface area contributed by atoms with Crippen LogP contribution in [0.4, 0.5) is 0 Å². The van der Waals surface area contributed by atoms with Gasteiger partial charge in [-0.3, -0.25) is 0 Å². The van der Waals surface area contributed by atoms with Crippen LogP contribution in [0.2, 0.25) is 0 Å². The molecule has 2 heterocycles. The van der Waals surface area contributed by atoms with Crippen molar-refractivity contribution >= 4 is 17.3 Å². The van der Waals surface area contributed by atoms with Gasteiger partial charge >= 0.3 is 0 Å². The van der Waals surface area contributed by atoms with Gasteiger partial charge in [0, 0.05) is 5.41 Å². The molecule has 2 bridgehead atoms. The Hall–Kier alpha value is -1.10. The van der Waals surface area contributed by atoms with E-state index in [1.807, 2.05) is 23.2 Å². The molecular formula is C11H12N4S. The molecule has 3 aliphatic rings. The Bertz CT molecular complexity index is 559. The van der Waals surface area contributed by atoms with Crippen LogP contribution in [-0.2, 0) is 5.41 Å². The van der Waals surface area contributed by atoms with Crippen molar-refractivity contribution in [2.45, 2.75) is 29.8 Å². The molecule has 0 atom stereocenters. The first-order chi connectivity index (χ1) is 7.81. The topological polar surface area (TPSA) is 43.1 Å². The van der Waals surface area contributed by atoms with Crippen molar-refractivity contribution in [1.29, 1.82) is 0 Å². The molecule has 0 aromatic carbocycles. The van der Waals surface area contributed by atoms with Gasteiger partial charge in [-0.2, -0.15) is 0 Å². The highest BCUT2D eigenvalue weighted by atomic mass is 32.2. The molecule has 3 aliphatic carbocycles. The molecule has 16 heavy (non-hydrogen) atoms. The smallest absolute Gasteiger partial charge is 0.207 e. The summed E-state index contributed by atoms with van der Waals surface area (Å²) in [6, 6.07) is 0. The third-order valence-corrected chi connectivity index (χ3v) is 4.50. The molecule has 0 spiro atoms. The molecule has 0 aliphatic heterocycles. The normalized spacial score (nSPS) is 31.2. The molecular weight excluding hydrogens is 220 g/mol. The lowest BCUT2D eigenvalue weighted by Gasteiger charge is -2.60. The first kappa shape index (κ1) is 8.98. The van der Waals surface area contributed by atoms with E-state index in [-0.39, 0.29) is 0 Å². The third-order valence-electron chi connectivity index (χ3n) is 3.95. The summed E-state index contributed by atoms with van der Waals surface area (Å²) >= 11 is 1.57. The molecule has 3 fully saturated rings. The molecule has 0 amide bonds. The number of hydrogen-bond acceptors (Lipinski definition) is 4. The molecule has 0 unspecified atom stereocenters. The lowest BCUT2D eigenvalue weighted by atomic mass is 9.44. The number of nitrogens with zero attached hydrogens (tertiary/aromatic N) is 4. The molecule has 5 heteroatoms. The van der Waals surface area contributed by atoms with Gasteiger partial charge < -0.3 is 0 Å². The van der Waals surface area contributed by atoms with Crippen molar-refractivity contribution in [1.82, 2.24) is 19.6 Å². The number of rotatable bonds is 2. The Balaban J connectivity index is 1.91. The van der Waals surface area contributed by atoms with E-state index in [4.69, 9.17) is 0 Å². The molecule has 2 aromatic rings. The summed E-state index contributed by atoms with van der Waals surface area (Å²) in [5.74, 6) is 2.12. The quantitative estimate of drug-likeness (QED) is 0.742. The second-order valence-corrected chi connectivity index (χ2v) is 5.70. The van der Waals surface area contributed by atoms with Crippen LogP contribution in [0.15, 0.2) is 17.6 Å². The number of imidazole rings is 1. The van der Waals surface area contributed by atoms with Gasteiger partial charge in [-0.05, 0) is 31.4 Å². The number of thioether (sulfide) groups is 1. The summed E-state index contributed by atoms with van der Waals surface area (Å²) in [7, 11) is 0. The molecule has 0 saturated heterocycles. The van der Waals surface area contributed by atoms with Crippen LogP contribution in [0.3, 0.4) is 0 Å². The molecule has 2 aromatic heterocycles. The van der Waals surface area contributed by atoms with Crippen molar-refractivity contribution < 1.29 is 0 Å². The molecule has 0 radical (unpaired) electrons. The van der Waals surface area contributed by atoms with Gasteiger partial charge in [-0.15, -0.1) is 5.10 Å². The standard InChI is InChI=1S/C11H12N4S/c1-16-10-13-6-8-5-12-9(15(8)14-10)11-2-7(3-11)4-11/h5-7H,2-4H2,1H3. The van der Waals surface area contributed by atoms with Gasteiger partial charge in [-0.1, -0.05) is 11.8 Å². The zero-order valence-electron chi connectivity index (χ0n) is 9.05. The second kappa shape index (κ2) is 2.77.